The fraction of sp³-hybridized carbons (Fsp3) is 0.375. The molecule has 0 radical (unpaired) electrons. The van der Waals surface area contributed by atoms with Crippen molar-refractivity contribution in [2.24, 2.45) is 11.8 Å². The number of aromatic nitrogens is 5. The summed E-state index contributed by atoms with van der Waals surface area (Å²) >= 11 is 0. The van der Waals surface area contributed by atoms with Crippen LogP contribution in [0.15, 0.2) is 48.8 Å². The monoisotopic (exact) mass is 483 g/mol. The summed E-state index contributed by atoms with van der Waals surface area (Å²) in [6.07, 6.45) is -1.33. The molecule has 1 saturated heterocycles. The molecule has 1 aliphatic carbocycles. The molecule has 0 unspecified atom stereocenters. The van der Waals surface area contributed by atoms with Gasteiger partial charge in [-0.1, -0.05) is 12.2 Å². The van der Waals surface area contributed by atoms with Crippen LogP contribution in [0.3, 0.4) is 0 Å². The molecular formula is C24H24F3N7O. The molecule has 182 valence electrons. The number of nitrogens with zero attached hydrogens (tertiary/aromatic N) is 6. The standard InChI is InChI=1S/C24H24F3N7O/c1-13-4-6-20(34-30-9-14(2)32-34)22(31-13)23(35)33-12-19-15(3)18(19)8-17(33)11-29-21-7-5-16(10-28-21)24(25,26)27/h4-7,9-10,17-19H,3,8,11-12H2,1-2H3,(H,28,29)/t17-,18-,19+/m0/s1. The van der Waals surface area contributed by atoms with Gasteiger partial charge in [0.25, 0.3) is 5.91 Å². The number of hydrogen-bond donors (Lipinski definition) is 1. The Labute approximate surface area is 199 Å². The predicted molar refractivity (Wildman–Crippen MR) is 122 cm³/mol. The third kappa shape index (κ3) is 4.50. The minimum atomic E-state index is -4.44. The quantitative estimate of drug-likeness (QED) is 0.555. The SMILES string of the molecule is C=C1[C@H]2CN(C(=O)c3nc(C)ccc3-n3ncc(C)n3)[C@H](CNc3ccc(C(F)(F)F)cn3)C[C@@H]12. The van der Waals surface area contributed by atoms with Gasteiger partial charge in [-0.15, -0.1) is 4.80 Å². The van der Waals surface area contributed by atoms with Crippen molar-refractivity contribution in [1.29, 1.82) is 0 Å². The zero-order chi connectivity index (χ0) is 24.9. The third-order valence-corrected chi connectivity index (χ3v) is 6.60. The van der Waals surface area contributed by atoms with Crippen LogP contribution in [0.1, 0.15) is 33.9 Å². The van der Waals surface area contributed by atoms with E-state index in [0.29, 0.717) is 48.3 Å². The molecule has 0 spiro atoms. The van der Waals surface area contributed by atoms with Gasteiger partial charge in [-0.2, -0.15) is 23.4 Å². The molecule has 5 rings (SSSR count). The number of alkyl halides is 3. The molecule has 11 heteroatoms. The van der Waals surface area contributed by atoms with Crippen LogP contribution in [0, 0.1) is 25.7 Å². The molecule has 0 aromatic carbocycles. The first-order valence-corrected chi connectivity index (χ1v) is 11.3. The molecule has 3 aromatic heterocycles. The van der Waals surface area contributed by atoms with Crippen molar-refractivity contribution in [3.05, 3.63) is 71.5 Å². The van der Waals surface area contributed by atoms with Crippen molar-refractivity contribution in [1.82, 2.24) is 29.9 Å². The molecule has 35 heavy (non-hydrogen) atoms. The summed E-state index contributed by atoms with van der Waals surface area (Å²) in [6, 6.07) is 5.64. The number of piperidine rings is 1. The molecule has 2 aliphatic rings. The van der Waals surface area contributed by atoms with Crippen molar-refractivity contribution in [2.75, 3.05) is 18.4 Å². The highest BCUT2D eigenvalue weighted by atomic mass is 19.4. The minimum Gasteiger partial charge on any atom is -0.368 e. The van der Waals surface area contributed by atoms with Gasteiger partial charge in [0.1, 0.15) is 11.5 Å². The fourth-order valence-electron chi connectivity index (χ4n) is 4.58. The van der Waals surface area contributed by atoms with E-state index in [1.165, 1.54) is 10.9 Å². The summed E-state index contributed by atoms with van der Waals surface area (Å²) in [7, 11) is 0. The van der Waals surface area contributed by atoms with E-state index in [4.69, 9.17) is 0 Å². The van der Waals surface area contributed by atoms with Crippen LogP contribution in [0.2, 0.25) is 0 Å². The van der Waals surface area contributed by atoms with Crippen molar-refractivity contribution in [3.8, 4) is 5.69 Å². The summed E-state index contributed by atoms with van der Waals surface area (Å²) in [5.74, 6) is 0.654. The Morgan fingerprint density at radius 3 is 2.60 bits per heavy atom. The zero-order valence-electron chi connectivity index (χ0n) is 19.3. The van der Waals surface area contributed by atoms with Gasteiger partial charge in [0, 0.05) is 36.9 Å². The van der Waals surface area contributed by atoms with Crippen LogP contribution in [0.25, 0.3) is 5.69 Å². The van der Waals surface area contributed by atoms with Gasteiger partial charge in [-0.05, 0) is 50.5 Å². The number of aryl methyl sites for hydroxylation is 2. The number of hydrogen-bond acceptors (Lipinski definition) is 6. The highest BCUT2D eigenvalue weighted by Crippen LogP contribution is 2.51. The number of pyridine rings is 2. The van der Waals surface area contributed by atoms with E-state index in [1.807, 2.05) is 13.8 Å². The van der Waals surface area contributed by atoms with E-state index in [0.717, 1.165) is 17.8 Å². The molecular weight excluding hydrogens is 459 g/mol. The van der Waals surface area contributed by atoms with Crippen molar-refractivity contribution in [2.45, 2.75) is 32.5 Å². The molecule has 3 aromatic rings. The number of fused-ring (bicyclic) bond motifs is 1. The lowest BCUT2D eigenvalue weighted by atomic mass is 10.0. The molecule has 2 fully saturated rings. The van der Waals surface area contributed by atoms with Crippen LogP contribution < -0.4 is 5.32 Å². The second kappa shape index (κ2) is 8.47. The van der Waals surface area contributed by atoms with E-state index < -0.39 is 11.7 Å². The third-order valence-electron chi connectivity index (χ3n) is 6.60. The van der Waals surface area contributed by atoms with Gasteiger partial charge >= 0.3 is 6.18 Å². The van der Waals surface area contributed by atoms with Gasteiger partial charge in [0.05, 0.1) is 17.5 Å². The van der Waals surface area contributed by atoms with Gasteiger partial charge in [0.2, 0.25) is 0 Å². The summed E-state index contributed by atoms with van der Waals surface area (Å²) < 4.78 is 38.5. The Kier molecular flexibility index (Phi) is 5.57. The maximum absolute atomic E-state index is 13.8. The van der Waals surface area contributed by atoms with E-state index in [9.17, 15) is 18.0 Å². The molecule has 1 amide bonds. The first-order valence-electron chi connectivity index (χ1n) is 11.3. The fourth-order valence-corrected chi connectivity index (χ4v) is 4.58. The summed E-state index contributed by atoms with van der Waals surface area (Å²) in [4.78, 5) is 25.4. The molecule has 3 atom stereocenters. The van der Waals surface area contributed by atoms with Crippen LogP contribution in [-0.4, -0.2) is 54.9 Å². The van der Waals surface area contributed by atoms with E-state index >= 15 is 0 Å². The zero-order valence-corrected chi connectivity index (χ0v) is 19.3. The predicted octanol–water partition coefficient (Wildman–Crippen LogP) is 3.82. The Morgan fingerprint density at radius 1 is 1.14 bits per heavy atom. The molecule has 1 N–H and O–H groups in total. The van der Waals surface area contributed by atoms with E-state index in [2.05, 4.69) is 32.1 Å². The Balaban J connectivity index is 1.39. The van der Waals surface area contributed by atoms with Crippen molar-refractivity contribution in [3.63, 3.8) is 0 Å². The molecule has 0 bridgehead atoms. The van der Waals surface area contributed by atoms with Crippen LogP contribution >= 0.6 is 0 Å². The molecule has 4 heterocycles. The summed E-state index contributed by atoms with van der Waals surface area (Å²) in [6.45, 7) is 8.60. The first-order chi connectivity index (χ1) is 16.6. The number of anilines is 1. The Morgan fingerprint density at radius 2 is 1.94 bits per heavy atom. The van der Waals surface area contributed by atoms with E-state index in [-0.39, 0.29) is 23.6 Å². The second-order valence-corrected chi connectivity index (χ2v) is 9.04. The lowest BCUT2D eigenvalue weighted by Gasteiger charge is -2.35. The number of nitrogens with one attached hydrogen (secondary N) is 1. The largest absolute Gasteiger partial charge is 0.417 e. The first kappa shape index (κ1) is 23.0. The Hall–Kier alpha value is -3.76. The molecule has 1 aliphatic heterocycles. The van der Waals surface area contributed by atoms with Crippen LogP contribution in [-0.2, 0) is 6.18 Å². The lowest BCUT2D eigenvalue weighted by molar-refractivity contribution is -0.137. The minimum absolute atomic E-state index is 0.213. The molecule has 1 saturated carbocycles. The highest BCUT2D eigenvalue weighted by molar-refractivity contribution is 5.96. The average molecular weight is 483 g/mol. The topological polar surface area (TPSA) is 88.8 Å². The number of carbonyl (C=O) groups excluding carboxylic acids is 1. The maximum atomic E-state index is 13.8. The Bertz CT molecular complexity index is 1290. The van der Waals surface area contributed by atoms with Gasteiger partial charge in [-0.3, -0.25) is 4.79 Å². The second-order valence-electron chi connectivity index (χ2n) is 9.04. The number of rotatable bonds is 5. The van der Waals surface area contributed by atoms with Crippen LogP contribution in [0.4, 0.5) is 19.0 Å². The van der Waals surface area contributed by atoms with E-state index in [1.54, 1.807) is 23.2 Å². The smallest absolute Gasteiger partial charge is 0.368 e. The van der Waals surface area contributed by atoms with Crippen molar-refractivity contribution < 1.29 is 18.0 Å². The number of amides is 1. The van der Waals surface area contributed by atoms with Gasteiger partial charge in [0.15, 0.2) is 5.69 Å². The average Bonchev–Trinajstić information content (AvgIpc) is 3.23. The molecule has 8 nitrogen and oxygen atoms in total. The number of carbonyl (C=O) groups is 1. The van der Waals surface area contributed by atoms with Gasteiger partial charge in [-0.25, -0.2) is 9.97 Å². The van der Waals surface area contributed by atoms with Gasteiger partial charge < -0.3 is 10.2 Å². The van der Waals surface area contributed by atoms with Crippen molar-refractivity contribution >= 4 is 11.7 Å². The summed E-state index contributed by atoms with van der Waals surface area (Å²) in [5, 5.41) is 11.7. The normalized spacial score (nSPS) is 21.6. The van der Waals surface area contributed by atoms with Crippen LogP contribution in [0.5, 0.6) is 0 Å². The lowest BCUT2D eigenvalue weighted by Crippen LogP contribution is -2.48. The maximum Gasteiger partial charge on any atom is 0.417 e. The summed E-state index contributed by atoms with van der Waals surface area (Å²) in [5.41, 5.74) is 2.46. The highest BCUT2D eigenvalue weighted by Gasteiger charge is 2.50. The number of likely N-dealkylation sites (tertiary alicyclic amines) is 1. The number of halogens is 3.